The topological polar surface area (TPSA) is 90.7 Å². The minimum atomic E-state index is -0.332. The van der Waals surface area contributed by atoms with Gasteiger partial charge >= 0.3 is 0 Å². The molecule has 3 N–H and O–H groups in total. The molecule has 0 aromatic heterocycles. The summed E-state index contributed by atoms with van der Waals surface area (Å²) in [6.07, 6.45) is 1.32. The van der Waals surface area contributed by atoms with E-state index in [0.717, 1.165) is 34.6 Å². The van der Waals surface area contributed by atoms with Gasteiger partial charge in [0.05, 0.1) is 6.04 Å². The second kappa shape index (κ2) is 16.6. The van der Waals surface area contributed by atoms with Crippen LogP contribution in [0.25, 0.3) is 0 Å². The van der Waals surface area contributed by atoms with Crippen LogP contribution in [0.15, 0.2) is 109 Å². The zero-order chi connectivity index (χ0) is 29.5. The molecule has 1 amide bonds. The van der Waals surface area contributed by atoms with Crippen LogP contribution in [0.5, 0.6) is 11.5 Å². The van der Waals surface area contributed by atoms with Gasteiger partial charge in [-0.1, -0.05) is 84.9 Å². The molecule has 4 rings (SSSR count). The van der Waals surface area contributed by atoms with Crippen LogP contribution in [-0.2, 0) is 35.6 Å². The Morgan fingerprint density at radius 1 is 0.659 bits per heavy atom. The zero-order valence-corrected chi connectivity index (χ0v) is 24.1. The Labute approximate surface area is 243 Å². The number of nitrogens with two attached hydrogens (primary N) is 1. The SMILES string of the molecule is CC(=O)Cc1ccc(OCc2ccccc2)cc1.CC(Cc1ccc(OCc2ccccc2)cc1)N[C@@H](C)C(N)=O. The van der Waals surface area contributed by atoms with Crippen molar-refractivity contribution in [3.8, 4) is 11.5 Å². The Hall–Kier alpha value is -4.42. The first-order chi connectivity index (χ1) is 19.8. The molecule has 4 aromatic carbocycles. The average Bonchev–Trinajstić information content (AvgIpc) is 2.97. The summed E-state index contributed by atoms with van der Waals surface area (Å²) in [5.74, 6) is 1.52. The van der Waals surface area contributed by atoms with E-state index in [4.69, 9.17) is 15.2 Å². The molecule has 0 fully saturated rings. The normalized spacial score (nSPS) is 11.9. The number of amides is 1. The standard InChI is InChI=1S/C19H24N2O2.C16H16O2/c1-14(21-15(2)19(20)22)12-16-8-10-18(11-9-16)23-13-17-6-4-3-5-7-17;1-13(17)11-14-7-9-16(10-8-14)18-12-15-5-3-2-4-6-15/h3-11,14-15,21H,12-13H2,1-2H3,(H2,20,22);2-10H,11-12H2,1H3/t14?,15-;/m0./s1. The summed E-state index contributed by atoms with van der Waals surface area (Å²) >= 11 is 0. The Kier molecular flexibility index (Phi) is 12.6. The summed E-state index contributed by atoms with van der Waals surface area (Å²) in [4.78, 5) is 22.0. The highest BCUT2D eigenvalue weighted by molar-refractivity contribution is 5.79. The third-order valence-electron chi connectivity index (χ3n) is 6.30. The monoisotopic (exact) mass is 552 g/mol. The molecule has 0 aliphatic rings. The number of rotatable bonds is 13. The molecule has 2 atom stereocenters. The highest BCUT2D eigenvalue weighted by Gasteiger charge is 2.12. The molecule has 41 heavy (non-hydrogen) atoms. The molecule has 6 heteroatoms. The first kappa shape index (κ1) is 31.1. The lowest BCUT2D eigenvalue weighted by atomic mass is 10.1. The van der Waals surface area contributed by atoms with Crippen LogP contribution < -0.4 is 20.5 Å². The Morgan fingerprint density at radius 3 is 1.51 bits per heavy atom. The smallest absolute Gasteiger partial charge is 0.234 e. The van der Waals surface area contributed by atoms with Crippen molar-refractivity contribution in [1.29, 1.82) is 0 Å². The highest BCUT2D eigenvalue weighted by Crippen LogP contribution is 2.16. The number of hydrogen-bond acceptors (Lipinski definition) is 5. The van der Waals surface area contributed by atoms with E-state index in [1.807, 2.05) is 116 Å². The molecule has 0 heterocycles. The van der Waals surface area contributed by atoms with Crippen molar-refractivity contribution < 1.29 is 19.1 Å². The number of hydrogen-bond donors (Lipinski definition) is 2. The molecule has 0 saturated heterocycles. The number of nitrogens with one attached hydrogen (secondary N) is 1. The fourth-order valence-electron chi connectivity index (χ4n) is 4.12. The van der Waals surface area contributed by atoms with Gasteiger partial charge in [-0.15, -0.1) is 0 Å². The number of primary amides is 1. The van der Waals surface area contributed by atoms with Gasteiger partial charge in [0, 0.05) is 12.5 Å². The number of Topliss-reactive ketones (excluding diaryl/α,β-unsaturated/α-hetero) is 1. The third kappa shape index (κ3) is 12.1. The van der Waals surface area contributed by atoms with E-state index in [9.17, 15) is 9.59 Å². The minimum absolute atomic E-state index is 0.174. The van der Waals surface area contributed by atoms with Gasteiger partial charge in [-0.3, -0.25) is 9.59 Å². The molecular weight excluding hydrogens is 512 g/mol. The minimum Gasteiger partial charge on any atom is -0.489 e. The fraction of sp³-hybridized carbons (Fsp3) is 0.257. The number of ether oxygens (including phenoxy) is 2. The lowest BCUT2D eigenvalue weighted by Gasteiger charge is -2.17. The molecule has 1 unspecified atom stereocenters. The number of carbonyl (C=O) groups excluding carboxylic acids is 2. The third-order valence-corrected chi connectivity index (χ3v) is 6.30. The molecule has 6 nitrogen and oxygen atoms in total. The van der Waals surface area contributed by atoms with Crippen molar-refractivity contribution in [2.75, 3.05) is 0 Å². The van der Waals surface area contributed by atoms with Gasteiger partial charge in [0.25, 0.3) is 0 Å². The van der Waals surface area contributed by atoms with E-state index in [1.54, 1.807) is 13.8 Å². The molecule has 4 aromatic rings. The fourth-order valence-corrected chi connectivity index (χ4v) is 4.12. The molecule has 0 spiro atoms. The average molecular weight is 553 g/mol. The highest BCUT2D eigenvalue weighted by atomic mass is 16.5. The summed E-state index contributed by atoms with van der Waals surface area (Å²) in [7, 11) is 0. The van der Waals surface area contributed by atoms with E-state index in [1.165, 1.54) is 5.56 Å². The lowest BCUT2D eigenvalue weighted by molar-refractivity contribution is -0.120. The summed E-state index contributed by atoms with van der Waals surface area (Å²) in [6, 6.07) is 35.7. The van der Waals surface area contributed by atoms with Crippen LogP contribution >= 0.6 is 0 Å². The van der Waals surface area contributed by atoms with Crippen molar-refractivity contribution in [3.05, 3.63) is 131 Å². The van der Waals surface area contributed by atoms with E-state index in [2.05, 4.69) is 5.32 Å². The van der Waals surface area contributed by atoms with Crippen molar-refractivity contribution in [2.24, 2.45) is 5.73 Å². The van der Waals surface area contributed by atoms with Crippen molar-refractivity contribution in [1.82, 2.24) is 5.32 Å². The van der Waals surface area contributed by atoms with E-state index < -0.39 is 0 Å². The van der Waals surface area contributed by atoms with E-state index >= 15 is 0 Å². The summed E-state index contributed by atoms with van der Waals surface area (Å²) in [5, 5.41) is 3.18. The van der Waals surface area contributed by atoms with Crippen LogP contribution in [0.2, 0.25) is 0 Å². The number of carbonyl (C=O) groups is 2. The van der Waals surface area contributed by atoms with Gasteiger partial charge in [-0.05, 0) is 73.7 Å². The number of benzene rings is 4. The van der Waals surface area contributed by atoms with Crippen LogP contribution in [-0.4, -0.2) is 23.8 Å². The zero-order valence-electron chi connectivity index (χ0n) is 24.1. The largest absolute Gasteiger partial charge is 0.489 e. The van der Waals surface area contributed by atoms with Gasteiger partial charge in [-0.25, -0.2) is 0 Å². The Balaban J connectivity index is 0.000000232. The molecule has 0 saturated carbocycles. The van der Waals surface area contributed by atoms with Crippen LogP contribution in [0.3, 0.4) is 0 Å². The van der Waals surface area contributed by atoms with Gasteiger partial charge in [0.1, 0.15) is 30.5 Å². The van der Waals surface area contributed by atoms with Gasteiger partial charge in [-0.2, -0.15) is 0 Å². The van der Waals surface area contributed by atoms with E-state index in [0.29, 0.717) is 19.6 Å². The summed E-state index contributed by atoms with van der Waals surface area (Å²) in [6.45, 7) is 6.54. The maximum atomic E-state index is 11.1. The van der Waals surface area contributed by atoms with Gasteiger partial charge in [0.15, 0.2) is 0 Å². The maximum absolute atomic E-state index is 11.1. The van der Waals surface area contributed by atoms with Crippen molar-refractivity contribution >= 4 is 11.7 Å². The van der Waals surface area contributed by atoms with E-state index in [-0.39, 0.29) is 23.8 Å². The summed E-state index contributed by atoms with van der Waals surface area (Å²) in [5.41, 5.74) is 9.76. The lowest BCUT2D eigenvalue weighted by Crippen LogP contribution is -2.44. The Bertz CT molecular complexity index is 1320. The van der Waals surface area contributed by atoms with Crippen molar-refractivity contribution in [3.63, 3.8) is 0 Å². The predicted octanol–water partition coefficient (Wildman–Crippen LogP) is 6.06. The molecular formula is C35H40N2O4. The maximum Gasteiger partial charge on any atom is 0.234 e. The molecule has 0 radical (unpaired) electrons. The molecule has 214 valence electrons. The second-order valence-corrected chi connectivity index (χ2v) is 10.1. The second-order valence-electron chi connectivity index (χ2n) is 10.1. The predicted molar refractivity (Wildman–Crippen MR) is 164 cm³/mol. The first-order valence-corrected chi connectivity index (χ1v) is 13.8. The quantitative estimate of drug-likeness (QED) is 0.211. The number of ketones is 1. The molecule has 0 bridgehead atoms. The first-order valence-electron chi connectivity index (χ1n) is 13.8. The van der Waals surface area contributed by atoms with Gasteiger partial charge < -0.3 is 20.5 Å². The van der Waals surface area contributed by atoms with Crippen LogP contribution in [0.1, 0.15) is 43.0 Å². The Morgan fingerprint density at radius 2 is 1.10 bits per heavy atom. The molecule has 0 aliphatic heterocycles. The van der Waals surface area contributed by atoms with Crippen molar-refractivity contribution in [2.45, 2.75) is 58.9 Å². The molecule has 0 aliphatic carbocycles. The van der Waals surface area contributed by atoms with Crippen LogP contribution in [0.4, 0.5) is 0 Å². The summed E-state index contributed by atoms with van der Waals surface area (Å²) < 4.78 is 11.4. The van der Waals surface area contributed by atoms with Crippen LogP contribution in [0, 0.1) is 0 Å². The van der Waals surface area contributed by atoms with Gasteiger partial charge in [0.2, 0.25) is 5.91 Å².